The number of aromatic nitrogens is 1. The second-order valence-electron chi connectivity index (χ2n) is 2.20. The van der Waals surface area contributed by atoms with Crippen molar-refractivity contribution in [2.75, 3.05) is 6.54 Å². The molecule has 0 fully saturated rings. The van der Waals surface area contributed by atoms with Crippen LogP contribution in [0, 0.1) is 0 Å². The van der Waals surface area contributed by atoms with E-state index in [9.17, 15) is 5.11 Å². The molecule has 0 aromatic carbocycles. The summed E-state index contributed by atoms with van der Waals surface area (Å²) >= 11 is 0. The van der Waals surface area contributed by atoms with Crippen molar-refractivity contribution < 1.29 is 5.11 Å². The van der Waals surface area contributed by atoms with Crippen LogP contribution in [-0.2, 0) is 0 Å². The number of hydrogen-bond donors (Lipinski definition) is 3. The number of hydrazine groups is 1. The topological polar surface area (TPSA) is 71.2 Å². The maximum absolute atomic E-state index is 9.35. The third-order valence-corrected chi connectivity index (χ3v) is 1.40. The molecule has 0 aliphatic heterocycles. The average molecular weight is 153 g/mol. The zero-order valence-corrected chi connectivity index (χ0v) is 6.07. The van der Waals surface area contributed by atoms with E-state index in [0.717, 1.165) is 5.56 Å². The average Bonchev–Trinajstić information content (AvgIpc) is 2.07. The van der Waals surface area contributed by atoms with Gasteiger partial charge in [-0.05, 0) is 17.7 Å². The van der Waals surface area contributed by atoms with Crippen LogP contribution >= 0.6 is 0 Å². The Morgan fingerprint density at radius 2 is 2.18 bits per heavy atom. The van der Waals surface area contributed by atoms with Crippen molar-refractivity contribution in [1.82, 2.24) is 10.4 Å². The summed E-state index contributed by atoms with van der Waals surface area (Å²) in [5.41, 5.74) is 3.21. The lowest BCUT2D eigenvalue weighted by atomic mass is 10.1. The van der Waals surface area contributed by atoms with Crippen LogP contribution in [0.5, 0.6) is 0 Å². The fraction of sp³-hybridized carbons (Fsp3) is 0.286. The highest BCUT2D eigenvalue weighted by Gasteiger charge is 2.03. The number of nitrogens with zero attached hydrogens (tertiary/aromatic N) is 1. The minimum absolute atomic E-state index is 0.351. The van der Waals surface area contributed by atoms with Gasteiger partial charge in [-0.1, -0.05) is 0 Å². The third kappa shape index (κ3) is 2.27. The Morgan fingerprint density at radius 1 is 1.55 bits per heavy atom. The summed E-state index contributed by atoms with van der Waals surface area (Å²) < 4.78 is 0. The van der Waals surface area contributed by atoms with Gasteiger partial charge in [-0.2, -0.15) is 0 Å². The quantitative estimate of drug-likeness (QED) is 0.407. The molecular weight excluding hydrogens is 142 g/mol. The van der Waals surface area contributed by atoms with Crippen molar-refractivity contribution in [2.45, 2.75) is 6.10 Å². The smallest absolute Gasteiger partial charge is 0.0929 e. The summed E-state index contributed by atoms with van der Waals surface area (Å²) in [4.78, 5) is 3.83. The van der Waals surface area contributed by atoms with Gasteiger partial charge in [0.2, 0.25) is 0 Å². The lowest BCUT2D eigenvalue weighted by molar-refractivity contribution is 0.175. The molecule has 0 spiro atoms. The van der Waals surface area contributed by atoms with Crippen LogP contribution in [0.15, 0.2) is 24.5 Å². The summed E-state index contributed by atoms with van der Waals surface area (Å²) in [5.74, 6) is 5.04. The van der Waals surface area contributed by atoms with E-state index in [1.54, 1.807) is 24.5 Å². The number of rotatable bonds is 3. The van der Waals surface area contributed by atoms with Gasteiger partial charge in [0.05, 0.1) is 6.10 Å². The molecule has 1 atom stereocenters. The van der Waals surface area contributed by atoms with Crippen molar-refractivity contribution in [2.24, 2.45) is 5.84 Å². The fourth-order valence-corrected chi connectivity index (χ4v) is 0.815. The van der Waals surface area contributed by atoms with Gasteiger partial charge < -0.3 is 5.11 Å². The molecular formula is C7H11N3O. The van der Waals surface area contributed by atoms with Crippen molar-refractivity contribution in [3.05, 3.63) is 30.1 Å². The summed E-state index contributed by atoms with van der Waals surface area (Å²) in [7, 11) is 0. The van der Waals surface area contributed by atoms with Gasteiger partial charge in [-0.25, -0.2) is 0 Å². The lowest BCUT2D eigenvalue weighted by Gasteiger charge is -2.08. The van der Waals surface area contributed by atoms with Gasteiger partial charge in [-0.15, -0.1) is 0 Å². The first-order valence-electron chi connectivity index (χ1n) is 3.36. The highest BCUT2D eigenvalue weighted by molar-refractivity contribution is 5.12. The van der Waals surface area contributed by atoms with Gasteiger partial charge in [0.25, 0.3) is 0 Å². The molecule has 0 radical (unpaired) electrons. The second-order valence-corrected chi connectivity index (χ2v) is 2.20. The summed E-state index contributed by atoms with van der Waals surface area (Å²) in [5, 5.41) is 9.35. The Bertz CT molecular complexity index is 202. The van der Waals surface area contributed by atoms with Crippen LogP contribution in [0.2, 0.25) is 0 Å². The molecule has 60 valence electrons. The predicted octanol–water partition coefficient (Wildman–Crippen LogP) is -0.422. The Morgan fingerprint density at radius 3 is 2.73 bits per heavy atom. The maximum atomic E-state index is 9.35. The van der Waals surface area contributed by atoms with Crippen LogP contribution in [0.1, 0.15) is 11.7 Å². The van der Waals surface area contributed by atoms with Gasteiger partial charge in [0.1, 0.15) is 0 Å². The molecule has 0 aliphatic rings. The molecule has 0 aliphatic carbocycles. The van der Waals surface area contributed by atoms with E-state index in [1.165, 1.54) is 0 Å². The molecule has 0 saturated heterocycles. The molecule has 0 bridgehead atoms. The first kappa shape index (κ1) is 8.13. The Hall–Kier alpha value is -0.970. The van der Waals surface area contributed by atoms with Gasteiger partial charge in [-0.3, -0.25) is 16.3 Å². The molecule has 4 heteroatoms. The number of nitrogens with two attached hydrogens (primary N) is 1. The number of hydrogen-bond acceptors (Lipinski definition) is 4. The maximum Gasteiger partial charge on any atom is 0.0929 e. The van der Waals surface area contributed by atoms with E-state index in [0.29, 0.717) is 6.54 Å². The van der Waals surface area contributed by atoms with E-state index in [1.807, 2.05) is 0 Å². The highest BCUT2D eigenvalue weighted by atomic mass is 16.3. The first-order chi connectivity index (χ1) is 5.34. The van der Waals surface area contributed by atoms with Crippen LogP contribution in [0.4, 0.5) is 0 Å². The normalized spacial score (nSPS) is 12.9. The molecule has 0 amide bonds. The van der Waals surface area contributed by atoms with E-state index >= 15 is 0 Å². The van der Waals surface area contributed by atoms with E-state index in [2.05, 4.69) is 10.4 Å². The van der Waals surface area contributed by atoms with E-state index in [-0.39, 0.29) is 0 Å². The van der Waals surface area contributed by atoms with Crippen molar-refractivity contribution in [3.8, 4) is 0 Å². The van der Waals surface area contributed by atoms with Gasteiger partial charge in [0.15, 0.2) is 0 Å². The second kappa shape index (κ2) is 4.02. The van der Waals surface area contributed by atoms with E-state index < -0.39 is 6.10 Å². The molecule has 4 nitrogen and oxygen atoms in total. The lowest BCUT2D eigenvalue weighted by Crippen LogP contribution is -2.27. The standard InChI is InChI=1S/C7H11N3O/c8-10-5-7(11)6-1-3-9-4-2-6/h1-4,7,10-11H,5,8H2. The third-order valence-electron chi connectivity index (χ3n) is 1.40. The van der Waals surface area contributed by atoms with Crippen molar-refractivity contribution >= 4 is 0 Å². The summed E-state index contributed by atoms with van der Waals surface area (Å²) in [6.45, 7) is 0.351. The first-order valence-corrected chi connectivity index (χ1v) is 3.36. The highest BCUT2D eigenvalue weighted by Crippen LogP contribution is 2.08. The van der Waals surface area contributed by atoms with Crippen LogP contribution in [0.3, 0.4) is 0 Å². The van der Waals surface area contributed by atoms with E-state index in [4.69, 9.17) is 5.84 Å². The van der Waals surface area contributed by atoms with Crippen LogP contribution in [0.25, 0.3) is 0 Å². The minimum Gasteiger partial charge on any atom is -0.387 e. The molecule has 1 rings (SSSR count). The SMILES string of the molecule is NNCC(O)c1ccncc1. The zero-order chi connectivity index (χ0) is 8.10. The summed E-state index contributed by atoms with van der Waals surface area (Å²) in [6.07, 6.45) is 2.72. The van der Waals surface area contributed by atoms with Crippen molar-refractivity contribution in [3.63, 3.8) is 0 Å². The number of aliphatic hydroxyl groups excluding tert-OH is 1. The summed E-state index contributed by atoms with van der Waals surface area (Å²) in [6, 6.07) is 3.50. The number of pyridine rings is 1. The van der Waals surface area contributed by atoms with Gasteiger partial charge in [0, 0.05) is 18.9 Å². The number of aliphatic hydroxyl groups is 1. The Balaban J connectivity index is 2.61. The molecule has 0 saturated carbocycles. The van der Waals surface area contributed by atoms with Crippen LogP contribution < -0.4 is 11.3 Å². The molecule has 4 N–H and O–H groups in total. The Kier molecular flexibility index (Phi) is 2.97. The molecule has 1 aromatic rings. The zero-order valence-electron chi connectivity index (χ0n) is 6.07. The number of nitrogens with one attached hydrogen (secondary N) is 1. The van der Waals surface area contributed by atoms with Crippen molar-refractivity contribution in [1.29, 1.82) is 0 Å². The molecule has 11 heavy (non-hydrogen) atoms. The monoisotopic (exact) mass is 153 g/mol. The largest absolute Gasteiger partial charge is 0.387 e. The Labute approximate surface area is 65.0 Å². The molecule has 1 aromatic heterocycles. The predicted molar refractivity (Wildman–Crippen MR) is 41.4 cm³/mol. The minimum atomic E-state index is -0.553. The molecule has 1 heterocycles. The molecule has 1 unspecified atom stereocenters. The van der Waals surface area contributed by atoms with Crippen LogP contribution in [-0.4, -0.2) is 16.6 Å². The van der Waals surface area contributed by atoms with Gasteiger partial charge >= 0.3 is 0 Å². The fourth-order valence-electron chi connectivity index (χ4n) is 0.815.